The molecule has 1 nitrogen and oxygen atoms in total. The Kier molecular flexibility index (Phi) is 4.57. The van der Waals surface area contributed by atoms with Crippen molar-refractivity contribution in [3.05, 3.63) is 0 Å². The third kappa shape index (κ3) is 3.08. The van der Waals surface area contributed by atoms with Crippen molar-refractivity contribution in [1.82, 2.24) is 0 Å². The van der Waals surface area contributed by atoms with Crippen LogP contribution < -0.4 is 0 Å². The van der Waals surface area contributed by atoms with Crippen molar-refractivity contribution in [1.29, 1.82) is 0 Å². The minimum Gasteiger partial charge on any atom is -0.392 e. The highest BCUT2D eigenvalue weighted by atomic mass is 32.2. The lowest BCUT2D eigenvalue weighted by Crippen LogP contribution is -2.19. The van der Waals surface area contributed by atoms with Crippen molar-refractivity contribution in [3.63, 3.8) is 0 Å². The third-order valence-corrected chi connectivity index (χ3v) is 3.64. The summed E-state index contributed by atoms with van der Waals surface area (Å²) in [7, 11) is 0. The lowest BCUT2D eigenvalue weighted by Gasteiger charge is -2.15. The second-order valence-corrected chi connectivity index (χ2v) is 4.43. The first kappa shape index (κ1) is 9.95. The molecule has 0 bridgehead atoms. The molecule has 0 saturated carbocycles. The topological polar surface area (TPSA) is 20.2 Å². The van der Waals surface area contributed by atoms with Gasteiger partial charge in [0.15, 0.2) is 0 Å². The fraction of sp³-hybridized carbons (Fsp3) is 0.800. The van der Waals surface area contributed by atoms with E-state index >= 15 is 0 Å². The van der Waals surface area contributed by atoms with Crippen LogP contribution in [0.5, 0.6) is 0 Å². The second kappa shape index (κ2) is 5.50. The van der Waals surface area contributed by atoms with Gasteiger partial charge in [-0.2, -0.15) is 11.8 Å². The zero-order chi connectivity index (χ0) is 8.81. The van der Waals surface area contributed by atoms with E-state index in [1.165, 1.54) is 18.6 Å². The van der Waals surface area contributed by atoms with Gasteiger partial charge in [0.05, 0.1) is 6.10 Å². The fourth-order valence-electron chi connectivity index (χ4n) is 1.44. The minimum absolute atomic E-state index is 0.127. The Morgan fingerprint density at radius 1 is 1.67 bits per heavy atom. The minimum atomic E-state index is -0.127. The van der Waals surface area contributed by atoms with E-state index in [1.807, 2.05) is 18.7 Å². The summed E-state index contributed by atoms with van der Waals surface area (Å²) in [5, 5.41) is 10.2. The summed E-state index contributed by atoms with van der Waals surface area (Å²) in [6.45, 7) is 1.84. The first-order valence-electron chi connectivity index (χ1n) is 4.54. The summed E-state index contributed by atoms with van der Waals surface area (Å²) in [5.74, 6) is 7.05. The summed E-state index contributed by atoms with van der Waals surface area (Å²) >= 11 is 1.91. The maximum Gasteiger partial charge on any atom is 0.0667 e. The molecule has 1 aliphatic heterocycles. The zero-order valence-electron chi connectivity index (χ0n) is 7.55. The number of hydrogen-bond donors (Lipinski definition) is 1. The largest absolute Gasteiger partial charge is 0.392 e. The standard InChI is InChI=1S/C10H16OS/c1-2-3-4-6-9(11)10-7-5-8-12-10/h9-11H,4-8H2,1H3. The molecule has 1 aliphatic rings. The van der Waals surface area contributed by atoms with Crippen molar-refractivity contribution in [3.8, 4) is 11.8 Å². The Morgan fingerprint density at radius 3 is 3.08 bits per heavy atom. The number of thioether (sulfide) groups is 1. The third-order valence-electron chi connectivity index (χ3n) is 2.14. The predicted octanol–water partition coefficient (Wildman–Crippen LogP) is 2.05. The molecule has 1 fully saturated rings. The molecule has 0 aromatic heterocycles. The van der Waals surface area contributed by atoms with E-state index in [2.05, 4.69) is 11.8 Å². The SMILES string of the molecule is CC#CCCC(O)C1CCCS1. The van der Waals surface area contributed by atoms with Gasteiger partial charge in [-0.25, -0.2) is 0 Å². The highest BCUT2D eigenvalue weighted by Crippen LogP contribution is 2.30. The molecule has 1 N–H and O–H groups in total. The van der Waals surface area contributed by atoms with Crippen LogP contribution in [0.15, 0.2) is 0 Å². The highest BCUT2D eigenvalue weighted by molar-refractivity contribution is 8.00. The quantitative estimate of drug-likeness (QED) is 0.677. The summed E-state index contributed by atoms with van der Waals surface area (Å²) < 4.78 is 0. The van der Waals surface area contributed by atoms with Gasteiger partial charge in [0.2, 0.25) is 0 Å². The zero-order valence-corrected chi connectivity index (χ0v) is 8.36. The number of rotatable bonds is 3. The van der Waals surface area contributed by atoms with Gasteiger partial charge < -0.3 is 5.11 Å². The molecule has 0 spiro atoms. The van der Waals surface area contributed by atoms with Gasteiger partial charge >= 0.3 is 0 Å². The van der Waals surface area contributed by atoms with Crippen LogP contribution in [0.4, 0.5) is 0 Å². The molecular weight excluding hydrogens is 168 g/mol. The molecule has 2 heteroatoms. The molecule has 0 aliphatic carbocycles. The van der Waals surface area contributed by atoms with Crippen molar-refractivity contribution >= 4 is 11.8 Å². The Morgan fingerprint density at radius 2 is 2.50 bits per heavy atom. The Labute approximate surface area is 78.9 Å². The van der Waals surface area contributed by atoms with Crippen LogP contribution >= 0.6 is 11.8 Å². The smallest absolute Gasteiger partial charge is 0.0667 e. The molecule has 2 unspecified atom stereocenters. The molecule has 0 aromatic carbocycles. The molecule has 1 heterocycles. The monoisotopic (exact) mass is 184 g/mol. The van der Waals surface area contributed by atoms with Gasteiger partial charge in [-0.15, -0.1) is 11.8 Å². The van der Waals surface area contributed by atoms with Crippen LogP contribution in [-0.4, -0.2) is 22.2 Å². The molecule has 1 saturated heterocycles. The summed E-state index contributed by atoms with van der Waals surface area (Å²) in [6, 6.07) is 0. The first-order chi connectivity index (χ1) is 5.84. The van der Waals surface area contributed by atoms with Crippen LogP contribution in [0.25, 0.3) is 0 Å². The molecule has 0 aromatic rings. The highest BCUT2D eigenvalue weighted by Gasteiger charge is 2.22. The Balaban J connectivity index is 2.16. The number of hydrogen-bond acceptors (Lipinski definition) is 2. The predicted molar refractivity (Wildman–Crippen MR) is 54.2 cm³/mol. The number of aliphatic hydroxyl groups is 1. The molecule has 12 heavy (non-hydrogen) atoms. The fourth-order valence-corrected chi connectivity index (χ4v) is 2.76. The van der Waals surface area contributed by atoms with Gasteiger partial charge in [-0.1, -0.05) is 0 Å². The molecule has 68 valence electrons. The Hall–Kier alpha value is -0.130. The summed E-state index contributed by atoms with van der Waals surface area (Å²) in [4.78, 5) is 0. The van der Waals surface area contributed by atoms with Crippen molar-refractivity contribution in [2.75, 3.05) is 5.75 Å². The van der Waals surface area contributed by atoms with Gasteiger partial charge in [0.25, 0.3) is 0 Å². The molecule has 2 atom stereocenters. The molecule has 1 rings (SSSR count). The average Bonchev–Trinajstić information content (AvgIpc) is 2.56. The number of aliphatic hydroxyl groups excluding tert-OH is 1. The van der Waals surface area contributed by atoms with Gasteiger partial charge in [-0.3, -0.25) is 0 Å². The van der Waals surface area contributed by atoms with E-state index < -0.39 is 0 Å². The lowest BCUT2D eigenvalue weighted by molar-refractivity contribution is 0.162. The molecular formula is C10H16OS. The van der Waals surface area contributed by atoms with Crippen LogP contribution in [0.1, 0.15) is 32.6 Å². The van der Waals surface area contributed by atoms with E-state index in [4.69, 9.17) is 0 Å². The van der Waals surface area contributed by atoms with Gasteiger partial charge in [0, 0.05) is 11.7 Å². The van der Waals surface area contributed by atoms with Gasteiger partial charge in [-0.05, 0) is 31.9 Å². The van der Waals surface area contributed by atoms with Crippen molar-refractivity contribution < 1.29 is 5.11 Å². The van der Waals surface area contributed by atoms with E-state index in [1.54, 1.807) is 0 Å². The van der Waals surface area contributed by atoms with Gasteiger partial charge in [0.1, 0.15) is 0 Å². The van der Waals surface area contributed by atoms with Crippen molar-refractivity contribution in [2.24, 2.45) is 0 Å². The van der Waals surface area contributed by atoms with Crippen LogP contribution in [0, 0.1) is 11.8 Å². The van der Waals surface area contributed by atoms with Crippen LogP contribution in [0.3, 0.4) is 0 Å². The lowest BCUT2D eigenvalue weighted by atomic mass is 10.1. The van der Waals surface area contributed by atoms with E-state index in [0.29, 0.717) is 5.25 Å². The van der Waals surface area contributed by atoms with Crippen LogP contribution in [0.2, 0.25) is 0 Å². The maximum absolute atomic E-state index is 9.69. The average molecular weight is 184 g/mol. The molecule has 0 amide bonds. The van der Waals surface area contributed by atoms with Crippen LogP contribution in [-0.2, 0) is 0 Å². The normalized spacial score (nSPS) is 24.7. The van der Waals surface area contributed by atoms with E-state index in [-0.39, 0.29) is 6.10 Å². The summed E-state index contributed by atoms with van der Waals surface area (Å²) in [5.41, 5.74) is 0. The van der Waals surface area contributed by atoms with E-state index in [9.17, 15) is 5.11 Å². The van der Waals surface area contributed by atoms with E-state index in [0.717, 1.165) is 12.8 Å². The first-order valence-corrected chi connectivity index (χ1v) is 5.58. The van der Waals surface area contributed by atoms with Crippen molar-refractivity contribution in [2.45, 2.75) is 44.0 Å². The molecule has 0 radical (unpaired) electrons. The summed E-state index contributed by atoms with van der Waals surface area (Å²) in [6.07, 6.45) is 4.02. The Bertz CT molecular complexity index is 174. The second-order valence-electron chi connectivity index (χ2n) is 3.08. The maximum atomic E-state index is 9.69.